The number of amides is 2. The summed E-state index contributed by atoms with van der Waals surface area (Å²) in [7, 11) is 0. The lowest BCUT2D eigenvalue weighted by Gasteiger charge is -2.28. The lowest BCUT2D eigenvalue weighted by atomic mass is 10.0. The average molecular weight is 389 g/mol. The Morgan fingerprint density at radius 2 is 1.90 bits per heavy atom. The molecule has 146 valence electrons. The Hall–Kier alpha value is -3.54. The molecule has 1 atom stereocenters. The number of aryl methyl sites for hydroxylation is 1. The summed E-state index contributed by atoms with van der Waals surface area (Å²) in [5.74, 6) is -0.259. The number of hydrogen-bond donors (Lipinski definition) is 1. The van der Waals surface area contributed by atoms with Gasteiger partial charge in [-0.05, 0) is 47.9 Å². The highest BCUT2D eigenvalue weighted by atomic mass is 19.1. The fourth-order valence-electron chi connectivity index (χ4n) is 3.60. The van der Waals surface area contributed by atoms with Crippen LogP contribution >= 0.6 is 0 Å². The Balaban J connectivity index is 1.61. The first-order valence-electron chi connectivity index (χ1n) is 9.39. The summed E-state index contributed by atoms with van der Waals surface area (Å²) in [6, 6.07) is 16.5. The van der Waals surface area contributed by atoms with E-state index in [9.17, 15) is 14.0 Å². The molecule has 0 saturated carbocycles. The van der Waals surface area contributed by atoms with E-state index in [-0.39, 0.29) is 24.1 Å². The van der Waals surface area contributed by atoms with Gasteiger partial charge in [-0.25, -0.2) is 9.37 Å². The summed E-state index contributed by atoms with van der Waals surface area (Å²) in [5, 5.41) is 2.82. The number of halogens is 1. The standard InChI is InChI=1S/C23H20FN3O2/c1-15-5-4-12-25-22(15)26-21(28)13-20(16-8-10-18(24)11-9-16)27-14-17-6-2-3-7-19(17)23(27)29/h2-12,20H,13-14H2,1H3,(H,25,26,28). The molecule has 0 radical (unpaired) electrons. The molecule has 0 spiro atoms. The van der Waals surface area contributed by atoms with Crippen molar-refractivity contribution in [1.29, 1.82) is 0 Å². The minimum Gasteiger partial charge on any atom is -0.327 e. The summed E-state index contributed by atoms with van der Waals surface area (Å²) in [6.07, 6.45) is 1.65. The van der Waals surface area contributed by atoms with Crippen molar-refractivity contribution in [2.45, 2.75) is 25.9 Å². The van der Waals surface area contributed by atoms with Gasteiger partial charge in [0.15, 0.2) is 0 Å². The van der Waals surface area contributed by atoms with Gasteiger partial charge < -0.3 is 10.2 Å². The number of fused-ring (bicyclic) bond motifs is 1. The van der Waals surface area contributed by atoms with Crippen LogP contribution in [0.25, 0.3) is 0 Å². The van der Waals surface area contributed by atoms with Crippen molar-refractivity contribution in [1.82, 2.24) is 9.88 Å². The van der Waals surface area contributed by atoms with Crippen LogP contribution in [0.1, 0.15) is 39.5 Å². The molecule has 1 aliphatic rings. The van der Waals surface area contributed by atoms with Crippen LogP contribution in [0.3, 0.4) is 0 Å². The molecule has 1 unspecified atom stereocenters. The lowest BCUT2D eigenvalue weighted by Crippen LogP contribution is -2.32. The smallest absolute Gasteiger partial charge is 0.255 e. The van der Waals surface area contributed by atoms with Crippen LogP contribution in [0, 0.1) is 12.7 Å². The number of nitrogens with one attached hydrogen (secondary N) is 1. The Bertz CT molecular complexity index is 1070. The van der Waals surface area contributed by atoms with Crippen LogP contribution < -0.4 is 5.32 Å². The molecule has 0 bridgehead atoms. The third-order valence-electron chi connectivity index (χ3n) is 5.13. The van der Waals surface area contributed by atoms with Gasteiger partial charge in [0.25, 0.3) is 5.91 Å². The first-order chi connectivity index (χ1) is 14.0. The average Bonchev–Trinajstić information content (AvgIpc) is 3.05. The normalized spacial score (nSPS) is 13.9. The zero-order valence-electron chi connectivity index (χ0n) is 15.9. The predicted molar refractivity (Wildman–Crippen MR) is 108 cm³/mol. The molecule has 4 rings (SSSR count). The summed E-state index contributed by atoms with van der Waals surface area (Å²) >= 11 is 0. The topological polar surface area (TPSA) is 62.3 Å². The summed E-state index contributed by atoms with van der Waals surface area (Å²) in [6.45, 7) is 2.27. The van der Waals surface area contributed by atoms with Gasteiger partial charge in [0, 0.05) is 18.3 Å². The van der Waals surface area contributed by atoms with E-state index in [2.05, 4.69) is 10.3 Å². The monoisotopic (exact) mass is 389 g/mol. The van der Waals surface area contributed by atoms with Crippen molar-refractivity contribution in [3.63, 3.8) is 0 Å². The van der Waals surface area contributed by atoms with Gasteiger partial charge in [0.05, 0.1) is 12.5 Å². The lowest BCUT2D eigenvalue weighted by molar-refractivity contribution is -0.117. The van der Waals surface area contributed by atoms with Crippen molar-refractivity contribution >= 4 is 17.6 Å². The number of benzene rings is 2. The van der Waals surface area contributed by atoms with E-state index < -0.39 is 6.04 Å². The summed E-state index contributed by atoms with van der Waals surface area (Å²) < 4.78 is 13.4. The molecule has 2 heterocycles. The second-order valence-corrected chi connectivity index (χ2v) is 7.08. The Morgan fingerprint density at radius 1 is 1.14 bits per heavy atom. The van der Waals surface area contributed by atoms with Gasteiger partial charge in [-0.2, -0.15) is 0 Å². The fraction of sp³-hybridized carbons (Fsp3) is 0.174. The zero-order valence-corrected chi connectivity index (χ0v) is 15.9. The van der Waals surface area contributed by atoms with Gasteiger partial charge in [-0.15, -0.1) is 0 Å². The maximum Gasteiger partial charge on any atom is 0.255 e. The van der Waals surface area contributed by atoms with Crippen LogP contribution in [0.2, 0.25) is 0 Å². The quantitative estimate of drug-likeness (QED) is 0.709. The van der Waals surface area contributed by atoms with E-state index in [0.29, 0.717) is 23.5 Å². The first kappa shape index (κ1) is 18.8. The van der Waals surface area contributed by atoms with E-state index in [0.717, 1.165) is 11.1 Å². The van der Waals surface area contributed by atoms with E-state index in [4.69, 9.17) is 0 Å². The van der Waals surface area contributed by atoms with Crippen molar-refractivity contribution in [3.8, 4) is 0 Å². The van der Waals surface area contributed by atoms with Gasteiger partial charge in [-0.3, -0.25) is 9.59 Å². The van der Waals surface area contributed by atoms with Gasteiger partial charge >= 0.3 is 0 Å². The highest BCUT2D eigenvalue weighted by Crippen LogP contribution is 2.33. The minimum absolute atomic E-state index is 0.0430. The molecule has 29 heavy (non-hydrogen) atoms. The first-order valence-corrected chi connectivity index (χ1v) is 9.39. The number of anilines is 1. The number of nitrogens with zero attached hydrogens (tertiary/aromatic N) is 2. The molecule has 2 amide bonds. The largest absolute Gasteiger partial charge is 0.327 e. The van der Waals surface area contributed by atoms with Crippen LogP contribution in [0.4, 0.5) is 10.2 Å². The van der Waals surface area contributed by atoms with E-state index in [1.54, 1.807) is 35.4 Å². The molecular formula is C23H20FN3O2. The highest BCUT2D eigenvalue weighted by molar-refractivity contribution is 5.99. The third-order valence-corrected chi connectivity index (χ3v) is 5.13. The van der Waals surface area contributed by atoms with Gasteiger partial charge in [-0.1, -0.05) is 36.4 Å². The van der Waals surface area contributed by atoms with Crippen molar-refractivity contribution in [2.75, 3.05) is 5.32 Å². The number of pyridine rings is 1. The molecular weight excluding hydrogens is 369 g/mol. The van der Waals surface area contributed by atoms with E-state index in [1.165, 1.54) is 12.1 Å². The molecule has 1 N–H and O–H groups in total. The summed E-state index contributed by atoms with van der Waals surface area (Å²) in [5.41, 5.74) is 3.12. The highest BCUT2D eigenvalue weighted by Gasteiger charge is 2.34. The maximum absolute atomic E-state index is 13.4. The van der Waals surface area contributed by atoms with Crippen LogP contribution in [0.15, 0.2) is 66.9 Å². The van der Waals surface area contributed by atoms with Gasteiger partial charge in [0.1, 0.15) is 11.6 Å². The molecule has 0 fully saturated rings. The van der Waals surface area contributed by atoms with Crippen LogP contribution in [0.5, 0.6) is 0 Å². The SMILES string of the molecule is Cc1cccnc1NC(=O)CC(c1ccc(F)cc1)N1Cc2ccccc2C1=O. The summed E-state index contributed by atoms with van der Waals surface area (Å²) in [4.78, 5) is 31.6. The molecule has 3 aromatic rings. The molecule has 1 aliphatic heterocycles. The molecule has 6 heteroatoms. The third kappa shape index (κ3) is 3.87. The van der Waals surface area contributed by atoms with Crippen LogP contribution in [-0.4, -0.2) is 21.7 Å². The van der Waals surface area contributed by atoms with Crippen LogP contribution in [-0.2, 0) is 11.3 Å². The number of hydrogen-bond acceptors (Lipinski definition) is 3. The van der Waals surface area contributed by atoms with Crippen molar-refractivity contribution in [2.24, 2.45) is 0 Å². The van der Waals surface area contributed by atoms with Gasteiger partial charge in [0.2, 0.25) is 5.91 Å². The van der Waals surface area contributed by atoms with Crippen molar-refractivity contribution < 1.29 is 14.0 Å². The van der Waals surface area contributed by atoms with Crippen molar-refractivity contribution in [3.05, 3.63) is 94.9 Å². The number of aromatic nitrogens is 1. The second-order valence-electron chi connectivity index (χ2n) is 7.08. The predicted octanol–water partition coefficient (Wildman–Crippen LogP) is 4.26. The van der Waals surface area contributed by atoms with E-state index >= 15 is 0 Å². The Labute approximate surface area is 168 Å². The fourth-order valence-corrected chi connectivity index (χ4v) is 3.60. The zero-order chi connectivity index (χ0) is 20.4. The second kappa shape index (κ2) is 7.83. The van der Waals surface area contributed by atoms with E-state index in [1.807, 2.05) is 31.2 Å². The Morgan fingerprint density at radius 3 is 2.62 bits per heavy atom. The molecule has 2 aromatic carbocycles. The number of carbonyl (C=O) groups excluding carboxylic acids is 2. The number of rotatable bonds is 5. The maximum atomic E-state index is 13.4. The minimum atomic E-state index is -0.514. The Kier molecular flexibility index (Phi) is 5.08. The number of carbonyl (C=O) groups is 2. The molecule has 0 saturated heterocycles. The molecule has 5 nitrogen and oxygen atoms in total. The molecule has 0 aliphatic carbocycles. The molecule has 1 aromatic heterocycles.